The van der Waals surface area contributed by atoms with E-state index in [-0.39, 0.29) is 6.04 Å². The number of halogens is 3. The molecule has 0 aliphatic rings. The Kier molecular flexibility index (Phi) is 6.11. The molecule has 0 spiro atoms. The van der Waals surface area contributed by atoms with Gasteiger partial charge >= 0.3 is 0 Å². The first-order valence-electron chi connectivity index (χ1n) is 6.58. The van der Waals surface area contributed by atoms with E-state index in [4.69, 9.17) is 16.3 Å². The molecule has 2 rings (SSSR count). The fraction of sp³-hybridized carbons (Fsp3) is 0.250. The number of hydrogen-bond acceptors (Lipinski definition) is 2. The van der Waals surface area contributed by atoms with E-state index in [1.165, 1.54) is 0 Å². The minimum Gasteiger partial charge on any atom is -0.497 e. The highest BCUT2D eigenvalue weighted by Gasteiger charge is 2.19. The van der Waals surface area contributed by atoms with Crippen LogP contribution in [0.1, 0.15) is 24.1 Å². The minimum absolute atomic E-state index is 0.0448. The Morgan fingerprint density at radius 2 is 1.86 bits per heavy atom. The molecule has 0 aromatic heterocycles. The third-order valence-corrected chi connectivity index (χ3v) is 4.84. The van der Waals surface area contributed by atoms with Crippen LogP contribution in [0.5, 0.6) is 5.75 Å². The normalized spacial score (nSPS) is 12.2. The molecule has 2 aromatic carbocycles. The van der Waals surface area contributed by atoms with Gasteiger partial charge in [0.05, 0.1) is 13.2 Å². The minimum atomic E-state index is 0.0448. The molecule has 0 heterocycles. The second-order valence-corrected chi connectivity index (χ2v) is 6.69. The molecule has 2 nitrogen and oxygen atoms in total. The highest BCUT2D eigenvalue weighted by atomic mass is 79.9. The lowest BCUT2D eigenvalue weighted by molar-refractivity contribution is 0.414. The first kappa shape index (κ1) is 16.8. The molecule has 0 fully saturated rings. The van der Waals surface area contributed by atoms with Gasteiger partial charge in [-0.15, -0.1) is 0 Å². The summed E-state index contributed by atoms with van der Waals surface area (Å²) in [7, 11) is 1.66. The summed E-state index contributed by atoms with van der Waals surface area (Å²) < 4.78 is 7.29. The SMILES string of the molecule is CCNC(c1ccc(OC)cc1Br)c1cc(Cl)ccc1Br. The molecule has 2 aromatic rings. The van der Waals surface area contributed by atoms with Crippen LogP contribution in [-0.4, -0.2) is 13.7 Å². The molecule has 1 unspecified atom stereocenters. The molecule has 0 saturated heterocycles. The molecule has 5 heteroatoms. The van der Waals surface area contributed by atoms with E-state index in [1.54, 1.807) is 7.11 Å². The average molecular weight is 434 g/mol. The largest absolute Gasteiger partial charge is 0.497 e. The zero-order chi connectivity index (χ0) is 15.4. The molecular formula is C16H16Br2ClNO. The summed E-state index contributed by atoms with van der Waals surface area (Å²) in [4.78, 5) is 0. The molecule has 0 aliphatic carbocycles. The number of benzene rings is 2. The maximum absolute atomic E-state index is 6.16. The number of hydrogen-bond donors (Lipinski definition) is 1. The standard InChI is InChI=1S/C16H16Br2ClNO/c1-3-20-16(13-8-10(19)4-7-14(13)17)12-6-5-11(21-2)9-15(12)18/h4-9,16,20H,3H2,1-2H3. The van der Waals surface area contributed by atoms with Crippen molar-refractivity contribution in [3.8, 4) is 5.75 Å². The van der Waals surface area contributed by atoms with Crippen molar-refractivity contribution in [3.05, 3.63) is 61.5 Å². The fourth-order valence-corrected chi connectivity index (χ4v) is 3.44. The molecule has 0 bridgehead atoms. The van der Waals surface area contributed by atoms with Gasteiger partial charge in [-0.1, -0.05) is 56.5 Å². The van der Waals surface area contributed by atoms with Gasteiger partial charge in [0.2, 0.25) is 0 Å². The van der Waals surface area contributed by atoms with Crippen molar-refractivity contribution in [1.82, 2.24) is 5.32 Å². The summed E-state index contributed by atoms with van der Waals surface area (Å²) in [5.41, 5.74) is 2.25. The van der Waals surface area contributed by atoms with Crippen molar-refractivity contribution in [3.63, 3.8) is 0 Å². The van der Waals surface area contributed by atoms with Gasteiger partial charge in [-0.25, -0.2) is 0 Å². The van der Waals surface area contributed by atoms with E-state index in [9.17, 15) is 0 Å². The van der Waals surface area contributed by atoms with Gasteiger partial charge in [0.15, 0.2) is 0 Å². The topological polar surface area (TPSA) is 21.3 Å². The molecule has 0 radical (unpaired) electrons. The van der Waals surface area contributed by atoms with Crippen LogP contribution in [0.3, 0.4) is 0 Å². The van der Waals surface area contributed by atoms with Crippen LogP contribution in [0.25, 0.3) is 0 Å². The van der Waals surface area contributed by atoms with Gasteiger partial charge in [-0.2, -0.15) is 0 Å². The van der Waals surface area contributed by atoms with E-state index >= 15 is 0 Å². The maximum atomic E-state index is 6.16. The molecule has 1 N–H and O–H groups in total. The predicted octanol–water partition coefficient (Wildman–Crippen LogP) is 5.57. The van der Waals surface area contributed by atoms with E-state index in [0.717, 1.165) is 37.4 Å². The van der Waals surface area contributed by atoms with Gasteiger partial charge in [0.25, 0.3) is 0 Å². The van der Waals surface area contributed by atoms with Crippen molar-refractivity contribution < 1.29 is 4.74 Å². The second-order valence-electron chi connectivity index (χ2n) is 4.54. The van der Waals surface area contributed by atoms with Crippen molar-refractivity contribution >= 4 is 43.5 Å². The molecule has 0 amide bonds. The Hall–Kier alpha value is -0.550. The van der Waals surface area contributed by atoms with E-state index in [1.807, 2.05) is 30.3 Å². The van der Waals surface area contributed by atoms with Crippen LogP contribution in [-0.2, 0) is 0 Å². The zero-order valence-corrected chi connectivity index (χ0v) is 15.7. The smallest absolute Gasteiger partial charge is 0.120 e. The van der Waals surface area contributed by atoms with Crippen LogP contribution in [0, 0.1) is 0 Å². The summed E-state index contributed by atoms with van der Waals surface area (Å²) in [6, 6.07) is 11.9. The van der Waals surface area contributed by atoms with Gasteiger partial charge in [0, 0.05) is 14.0 Å². The predicted molar refractivity (Wildman–Crippen MR) is 95.4 cm³/mol. The van der Waals surface area contributed by atoms with Crippen LogP contribution >= 0.6 is 43.5 Å². The average Bonchev–Trinajstić information content (AvgIpc) is 2.48. The molecule has 21 heavy (non-hydrogen) atoms. The molecule has 1 atom stereocenters. The number of ether oxygens (including phenoxy) is 1. The van der Waals surface area contributed by atoms with Crippen LogP contribution in [0.15, 0.2) is 45.3 Å². The van der Waals surface area contributed by atoms with E-state index < -0.39 is 0 Å². The lowest BCUT2D eigenvalue weighted by atomic mass is 9.98. The highest BCUT2D eigenvalue weighted by Crippen LogP contribution is 2.35. The summed E-state index contributed by atoms with van der Waals surface area (Å²) in [6.45, 7) is 2.94. The lowest BCUT2D eigenvalue weighted by Gasteiger charge is -2.22. The molecule has 0 saturated carbocycles. The number of rotatable bonds is 5. The number of nitrogens with one attached hydrogen (secondary N) is 1. The Morgan fingerprint density at radius 3 is 2.48 bits per heavy atom. The molecule has 112 valence electrons. The van der Waals surface area contributed by atoms with Crippen molar-refractivity contribution in [2.75, 3.05) is 13.7 Å². The van der Waals surface area contributed by atoms with Gasteiger partial charge in [-0.3, -0.25) is 0 Å². The molecule has 0 aliphatic heterocycles. The fourth-order valence-electron chi connectivity index (χ4n) is 2.20. The Bertz CT molecular complexity index is 634. The zero-order valence-electron chi connectivity index (χ0n) is 11.8. The van der Waals surface area contributed by atoms with Crippen LogP contribution < -0.4 is 10.1 Å². The monoisotopic (exact) mass is 431 g/mol. The second kappa shape index (κ2) is 7.63. The van der Waals surface area contributed by atoms with Gasteiger partial charge in [0.1, 0.15) is 5.75 Å². The Labute approximate surface area is 147 Å². The first-order chi connectivity index (χ1) is 10.1. The summed E-state index contributed by atoms with van der Waals surface area (Å²) >= 11 is 13.4. The first-order valence-corrected chi connectivity index (χ1v) is 8.55. The summed E-state index contributed by atoms with van der Waals surface area (Å²) in [5.74, 6) is 0.825. The van der Waals surface area contributed by atoms with E-state index in [0.29, 0.717) is 0 Å². The van der Waals surface area contributed by atoms with Gasteiger partial charge in [-0.05, 0) is 48.0 Å². The summed E-state index contributed by atoms with van der Waals surface area (Å²) in [5, 5.41) is 4.23. The number of methoxy groups -OCH3 is 1. The molecular weight excluding hydrogens is 417 g/mol. The highest BCUT2D eigenvalue weighted by molar-refractivity contribution is 9.10. The Morgan fingerprint density at radius 1 is 1.10 bits per heavy atom. The van der Waals surface area contributed by atoms with Crippen LogP contribution in [0.2, 0.25) is 5.02 Å². The maximum Gasteiger partial charge on any atom is 0.120 e. The Balaban J connectivity index is 2.50. The lowest BCUT2D eigenvalue weighted by Crippen LogP contribution is -2.22. The summed E-state index contributed by atoms with van der Waals surface area (Å²) in [6.07, 6.45) is 0. The van der Waals surface area contributed by atoms with Crippen LogP contribution in [0.4, 0.5) is 0 Å². The van der Waals surface area contributed by atoms with Crippen molar-refractivity contribution in [2.24, 2.45) is 0 Å². The van der Waals surface area contributed by atoms with Crippen molar-refractivity contribution in [2.45, 2.75) is 13.0 Å². The third kappa shape index (κ3) is 4.01. The van der Waals surface area contributed by atoms with E-state index in [2.05, 4.69) is 50.2 Å². The third-order valence-electron chi connectivity index (χ3n) is 3.20. The quantitative estimate of drug-likeness (QED) is 0.665. The van der Waals surface area contributed by atoms with Crippen molar-refractivity contribution in [1.29, 1.82) is 0 Å². The van der Waals surface area contributed by atoms with Gasteiger partial charge < -0.3 is 10.1 Å².